The lowest BCUT2D eigenvalue weighted by Crippen LogP contribution is -2.39. The lowest BCUT2D eigenvalue weighted by atomic mass is 10.1. The maximum Gasteiger partial charge on any atom is 0.191 e. The summed E-state index contributed by atoms with van der Waals surface area (Å²) in [7, 11) is 0. The standard InChI is InChI=1S/C14H24N4O/c1-5-15-13(17-9-14(4)6-7-14)16-8-12-10(2)18-19-11(12)3/h5-9H2,1-4H3,(H2,15,16,17). The lowest BCUT2D eigenvalue weighted by Gasteiger charge is -2.14. The van der Waals surface area contributed by atoms with Crippen molar-refractivity contribution in [2.24, 2.45) is 10.4 Å². The molecule has 5 nitrogen and oxygen atoms in total. The Bertz CT molecular complexity index is 441. The smallest absolute Gasteiger partial charge is 0.191 e. The Labute approximate surface area is 114 Å². The maximum absolute atomic E-state index is 5.15. The van der Waals surface area contributed by atoms with Crippen molar-refractivity contribution in [1.29, 1.82) is 0 Å². The Kier molecular flexibility index (Phi) is 4.12. The van der Waals surface area contributed by atoms with Crippen LogP contribution in [0.4, 0.5) is 0 Å². The van der Waals surface area contributed by atoms with Gasteiger partial charge in [0.2, 0.25) is 0 Å². The fourth-order valence-electron chi connectivity index (χ4n) is 1.91. The van der Waals surface area contributed by atoms with Gasteiger partial charge in [0.05, 0.1) is 12.2 Å². The van der Waals surface area contributed by atoms with E-state index in [9.17, 15) is 0 Å². The molecule has 0 radical (unpaired) electrons. The third kappa shape index (κ3) is 3.72. The van der Waals surface area contributed by atoms with Crippen LogP contribution in [0.3, 0.4) is 0 Å². The molecule has 106 valence electrons. The van der Waals surface area contributed by atoms with Crippen molar-refractivity contribution in [3.05, 3.63) is 17.0 Å². The van der Waals surface area contributed by atoms with Crippen molar-refractivity contribution < 1.29 is 4.52 Å². The first-order valence-corrected chi connectivity index (χ1v) is 6.98. The van der Waals surface area contributed by atoms with Crippen LogP contribution in [0.2, 0.25) is 0 Å². The zero-order valence-electron chi connectivity index (χ0n) is 12.3. The van der Waals surface area contributed by atoms with Crippen molar-refractivity contribution in [2.45, 2.75) is 47.1 Å². The molecule has 2 rings (SSSR count). The van der Waals surface area contributed by atoms with E-state index >= 15 is 0 Å². The van der Waals surface area contributed by atoms with Crippen LogP contribution in [0.15, 0.2) is 9.52 Å². The minimum absolute atomic E-state index is 0.471. The van der Waals surface area contributed by atoms with E-state index in [-0.39, 0.29) is 0 Å². The third-order valence-corrected chi connectivity index (χ3v) is 3.71. The minimum atomic E-state index is 0.471. The fourth-order valence-corrected chi connectivity index (χ4v) is 1.91. The van der Waals surface area contributed by atoms with E-state index in [0.717, 1.165) is 36.1 Å². The number of aryl methyl sites for hydroxylation is 2. The van der Waals surface area contributed by atoms with Gasteiger partial charge in [-0.05, 0) is 39.0 Å². The van der Waals surface area contributed by atoms with E-state index in [1.54, 1.807) is 0 Å². The molecule has 2 N–H and O–H groups in total. The van der Waals surface area contributed by atoms with Gasteiger partial charge in [-0.25, -0.2) is 4.99 Å². The predicted molar refractivity (Wildman–Crippen MR) is 76.1 cm³/mol. The minimum Gasteiger partial charge on any atom is -0.361 e. The Morgan fingerprint density at radius 2 is 2.11 bits per heavy atom. The molecule has 0 amide bonds. The predicted octanol–water partition coefficient (Wildman–Crippen LogP) is 2.15. The first-order valence-electron chi connectivity index (χ1n) is 6.98. The van der Waals surface area contributed by atoms with Gasteiger partial charge in [0.1, 0.15) is 5.76 Å². The van der Waals surface area contributed by atoms with Gasteiger partial charge in [0, 0.05) is 18.7 Å². The number of hydrogen-bond acceptors (Lipinski definition) is 3. The Morgan fingerprint density at radius 1 is 1.37 bits per heavy atom. The van der Waals surface area contributed by atoms with E-state index in [1.165, 1.54) is 12.8 Å². The third-order valence-electron chi connectivity index (χ3n) is 3.71. The van der Waals surface area contributed by atoms with Crippen LogP contribution >= 0.6 is 0 Å². The Balaban J connectivity index is 1.95. The van der Waals surface area contributed by atoms with Crippen LogP contribution in [-0.2, 0) is 6.54 Å². The SMILES string of the molecule is CCNC(=NCc1c(C)noc1C)NCC1(C)CC1. The number of aliphatic imine (C=N–C) groups is 1. The van der Waals surface area contributed by atoms with Crippen LogP contribution in [0.25, 0.3) is 0 Å². The zero-order valence-corrected chi connectivity index (χ0v) is 12.3. The summed E-state index contributed by atoms with van der Waals surface area (Å²) in [4.78, 5) is 4.60. The average molecular weight is 264 g/mol. The van der Waals surface area contributed by atoms with Crippen LogP contribution in [0.5, 0.6) is 0 Å². The van der Waals surface area contributed by atoms with E-state index in [2.05, 4.69) is 34.6 Å². The first-order chi connectivity index (χ1) is 9.04. The van der Waals surface area contributed by atoms with Crippen molar-refractivity contribution in [3.63, 3.8) is 0 Å². The molecule has 5 heteroatoms. The second-order valence-corrected chi connectivity index (χ2v) is 5.66. The molecule has 1 saturated carbocycles. The summed E-state index contributed by atoms with van der Waals surface area (Å²) in [5.41, 5.74) is 2.47. The van der Waals surface area contributed by atoms with Gasteiger partial charge in [0.15, 0.2) is 5.96 Å². The monoisotopic (exact) mass is 264 g/mol. The van der Waals surface area contributed by atoms with Crippen molar-refractivity contribution in [3.8, 4) is 0 Å². The van der Waals surface area contributed by atoms with Crippen LogP contribution in [0.1, 0.15) is 43.7 Å². The summed E-state index contributed by atoms with van der Waals surface area (Å²) in [6.07, 6.45) is 2.62. The molecule has 1 aliphatic carbocycles. The van der Waals surface area contributed by atoms with Gasteiger partial charge in [-0.2, -0.15) is 0 Å². The van der Waals surface area contributed by atoms with Crippen molar-refractivity contribution in [1.82, 2.24) is 15.8 Å². The van der Waals surface area contributed by atoms with Gasteiger partial charge in [-0.1, -0.05) is 12.1 Å². The second kappa shape index (κ2) is 5.63. The molecular weight excluding hydrogens is 240 g/mol. The topological polar surface area (TPSA) is 62.5 Å². The van der Waals surface area contributed by atoms with E-state index in [0.29, 0.717) is 12.0 Å². The number of rotatable bonds is 5. The summed E-state index contributed by atoms with van der Waals surface area (Å²) >= 11 is 0. The van der Waals surface area contributed by atoms with Gasteiger partial charge in [0.25, 0.3) is 0 Å². The van der Waals surface area contributed by atoms with Gasteiger partial charge >= 0.3 is 0 Å². The highest BCUT2D eigenvalue weighted by Crippen LogP contribution is 2.43. The van der Waals surface area contributed by atoms with Crippen molar-refractivity contribution >= 4 is 5.96 Å². The summed E-state index contributed by atoms with van der Waals surface area (Å²) in [5.74, 6) is 1.72. The molecule has 1 fully saturated rings. The molecular formula is C14H24N4O. The maximum atomic E-state index is 5.15. The highest BCUT2D eigenvalue weighted by molar-refractivity contribution is 5.79. The largest absolute Gasteiger partial charge is 0.361 e. The molecule has 1 aromatic heterocycles. The highest BCUT2D eigenvalue weighted by atomic mass is 16.5. The number of nitrogens with zero attached hydrogens (tertiary/aromatic N) is 2. The summed E-state index contributed by atoms with van der Waals surface area (Å²) in [6.45, 7) is 10.7. The molecule has 0 aliphatic heterocycles. The number of nitrogens with one attached hydrogen (secondary N) is 2. The van der Waals surface area contributed by atoms with Crippen molar-refractivity contribution in [2.75, 3.05) is 13.1 Å². The molecule has 0 atom stereocenters. The average Bonchev–Trinajstić information content (AvgIpc) is 3.03. The van der Waals surface area contributed by atoms with E-state index < -0.39 is 0 Å². The van der Waals surface area contributed by atoms with Gasteiger partial charge in [-0.15, -0.1) is 0 Å². The Hall–Kier alpha value is -1.52. The molecule has 19 heavy (non-hydrogen) atoms. The molecule has 0 unspecified atom stereocenters. The number of aromatic nitrogens is 1. The lowest BCUT2D eigenvalue weighted by molar-refractivity contribution is 0.392. The summed E-state index contributed by atoms with van der Waals surface area (Å²) in [5, 5.41) is 10.6. The molecule has 0 spiro atoms. The van der Waals surface area contributed by atoms with Gasteiger partial charge < -0.3 is 15.2 Å². The molecule has 1 heterocycles. The van der Waals surface area contributed by atoms with Crippen LogP contribution in [0, 0.1) is 19.3 Å². The highest BCUT2D eigenvalue weighted by Gasteiger charge is 2.36. The quantitative estimate of drug-likeness (QED) is 0.632. The number of guanidine groups is 1. The first kappa shape index (κ1) is 13.9. The molecule has 0 aromatic carbocycles. The van der Waals surface area contributed by atoms with Crippen LogP contribution in [-0.4, -0.2) is 24.2 Å². The van der Waals surface area contributed by atoms with Gasteiger partial charge in [-0.3, -0.25) is 0 Å². The zero-order chi connectivity index (χ0) is 13.9. The van der Waals surface area contributed by atoms with Crippen LogP contribution < -0.4 is 10.6 Å². The summed E-state index contributed by atoms with van der Waals surface area (Å²) < 4.78 is 5.15. The fraction of sp³-hybridized carbons (Fsp3) is 0.714. The Morgan fingerprint density at radius 3 is 2.63 bits per heavy atom. The normalized spacial score (nSPS) is 17.4. The van der Waals surface area contributed by atoms with E-state index in [4.69, 9.17) is 4.52 Å². The summed E-state index contributed by atoms with van der Waals surface area (Å²) in [6, 6.07) is 0. The number of hydrogen-bond donors (Lipinski definition) is 2. The second-order valence-electron chi connectivity index (χ2n) is 5.66. The molecule has 0 bridgehead atoms. The molecule has 0 saturated heterocycles. The molecule has 1 aromatic rings. The van der Waals surface area contributed by atoms with E-state index in [1.807, 2.05) is 13.8 Å². The molecule has 1 aliphatic rings.